The van der Waals surface area contributed by atoms with E-state index >= 15 is 0 Å². The normalized spacial score (nSPS) is 29.5. The number of ether oxygens (including phenoxy) is 2. The first-order chi connectivity index (χ1) is 8.85. The van der Waals surface area contributed by atoms with Crippen molar-refractivity contribution in [1.82, 2.24) is 4.90 Å². The van der Waals surface area contributed by atoms with Gasteiger partial charge in [0.15, 0.2) is 6.29 Å². The van der Waals surface area contributed by atoms with Gasteiger partial charge in [0.2, 0.25) is 0 Å². The van der Waals surface area contributed by atoms with Gasteiger partial charge < -0.3 is 9.47 Å². The molecule has 0 bridgehead atoms. The van der Waals surface area contributed by atoms with Crippen molar-refractivity contribution >= 4 is 0 Å². The first-order valence-corrected chi connectivity index (χ1v) is 7.82. The van der Waals surface area contributed by atoms with Crippen LogP contribution in [0.25, 0.3) is 0 Å². The average Bonchev–Trinajstić information content (AvgIpc) is 2.40. The van der Waals surface area contributed by atoms with E-state index in [1.165, 1.54) is 45.1 Å². The molecule has 0 amide bonds. The summed E-state index contributed by atoms with van der Waals surface area (Å²) in [7, 11) is 0. The summed E-state index contributed by atoms with van der Waals surface area (Å²) in [5.41, 5.74) is 0. The van der Waals surface area contributed by atoms with Gasteiger partial charge in [-0.15, -0.1) is 0 Å². The lowest BCUT2D eigenvalue weighted by Crippen LogP contribution is -2.50. The van der Waals surface area contributed by atoms with Crippen LogP contribution < -0.4 is 0 Å². The SMILES string of the molecule is CCOC(CN1CCC[C@H]2CCCC[C@H]21)OCC. The van der Waals surface area contributed by atoms with Crippen molar-refractivity contribution in [3.05, 3.63) is 0 Å². The van der Waals surface area contributed by atoms with Crippen LogP contribution in [0.2, 0.25) is 0 Å². The molecule has 0 unspecified atom stereocenters. The van der Waals surface area contributed by atoms with E-state index in [0.29, 0.717) is 0 Å². The second-order valence-electron chi connectivity index (χ2n) is 5.59. The second-order valence-corrected chi connectivity index (χ2v) is 5.59. The summed E-state index contributed by atoms with van der Waals surface area (Å²) in [6, 6.07) is 0.802. The molecule has 18 heavy (non-hydrogen) atoms. The van der Waals surface area contributed by atoms with E-state index in [2.05, 4.69) is 4.90 Å². The van der Waals surface area contributed by atoms with Crippen molar-refractivity contribution in [2.75, 3.05) is 26.3 Å². The summed E-state index contributed by atoms with van der Waals surface area (Å²) >= 11 is 0. The van der Waals surface area contributed by atoms with Crippen molar-refractivity contribution in [3.63, 3.8) is 0 Å². The zero-order valence-corrected chi connectivity index (χ0v) is 12.1. The maximum atomic E-state index is 5.70. The third-order valence-corrected chi connectivity index (χ3v) is 4.45. The molecule has 1 aliphatic carbocycles. The molecule has 3 heteroatoms. The van der Waals surface area contributed by atoms with Crippen molar-refractivity contribution < 1.29 is 9.47 Å². The van der Waals surface area contributed by atoms with E-state index in [-0.39, 0.29) is 6.29 Å². The highest BCUT2D eigenvalue weighted by Gasteiger charge is 2.34. The zero-order valence-electron chi connectivity index (χ0n) is 12.1. The summed E-state index contributed by atoms with van der Waals surface area (Å²) in [6.07, 6.45) is 8.44. The van der Waals surface area contributed by atoms with Gasteiger partial charge in [0.05, 0.1) is 0 Å². The molecule has 2 fully saturated rings. The molecule has 1 saturated carbocycles. The fourth-order valence-electron chi connectivity index (χ4n) is 3.67. The standard InChI is InChI=1S/C15H29NO2/c1-3-17-15(18-4-2)12-16-11-7-9-13-8-5-6-10-14(13)16/h13-15H,3-12H2,1-2H3/t13-,14-/m1/s1. The summed E-state index contributed by atoms with van der Waals surface area (Å²) in [5, 5.41) is 0. The molecule has 0 N–H and O–H groups in total. The molecule has 0 radical (unpaired) electrons. The quantitative estimate of drug-likeness (QED) is 0.681. The summed E-state index contributed by atoms with van der Waals surface area (Å²) < 4.78 is 11.4. The van der Waals surface area contributed by atoms with Crippen molar-refractivity contribution in [1.29, 1.82) is 0 Å². The molecule has 1 heterocycles. The van der Waals surface area contributed by atoms with E-state index in [0.717, 1.165) is 31.7 Å². The van der Waals surface area contributed by atoms with Gasteiger partial charge >= 0.3 is 0 Å². The Hall–Kier alpha value is -0.120. The smallest absolute Gasteiger partial charge is 0.170 e. The van der Waals surface area contributed by atoms with Crippen LogP contribution in [-0.4, -0.2) is 43.5 Å². The molecule has 2 aliphatic rings. The van der Waals surface area contributed by atoms with Gasteiger partial charge in [0.25, 0.3) is 0 Å². The predicted octanol–water partition coefficient (Wildman–Crippen LogP) is 3.04. The molecule has 1 saturated heterocycles. The number of rotatable bonds is 6. The monoisotopic (exact) mass is 255 g/mol. The van der Waals surface area contributed by atoms with Gasteiger partial charge in [-0.3, -0.25) is 4.90 Å². The van der Waals surface area contributed by atoms with Gasteiger partial charge in [-0.05, 0) is 52.0 Å². The molecule has 2 atom stereocenters. The topological polar surface area (TPSA) is 21.7 Å². The Balaban J connectivity index is 1.88. The van der Waals surface area contributed by atoms with Crippen molar-refractivity contribution in [3.8, 4) is 0 Å². The zero-order chi connectivity index (χ0) is 12.8. The minimum absolute atomic E-state index is 0.0272. The summed E-state index contributed by atoms with van der Waals surface area (Å²) in [4.78, 5) is 2.64. The largest absolute Gasteiger partial charge is 0.352 e. The Morgan fingerprint density at radius 1 is 1.00 bits per heavy atom. The molecule has 0 aromatic rings. The second kappa shape index (κ2) is 7.46. The van der Waals surface area contributed by atoms with Crippen LogP contribution in [0.5, 0.6) is 0 Å². The Labute approximate surface area is 112 Å². The van der Waals surface area contributed by atoms with Crippen molar-refractivity contribution in [2.24, 2.45) is 5.92 Å². The molecule has 0 aromatic heterocycles. The van der Waals surface area contributed by atoms with E-state index in [9.17, 15) is 0 Å². The predicted molar refractivity (Wildman–Crippen MR) is 73.6 cm³/mol. The van der Waals surface area contributed by atoms with Gasteiger partial charge in [-0.1, -0.05) is 12.8 Å². The summed E-state index contributed by atoms with van der Waals surface area (Å²) in [6.45, 7) is 7.77. The van der Waals surface area contributed by atoms with Crippen LogP contribution in [-0.2, 0) is 9.47 Å². The number of hydrogen-bond acceptors (Lipinski definition) is 3. The lowest BCUT2D eigenvalue weighted by Gasteiger charge is -2.45. The van der Waals surface area contributed by atoms with Gasteiger partial charge in [-0.25, -0.2) is 0 Å². The third kappa shape index (κ3) is 3.69. The maximum absolute atomic E-state index is 5.70. The van der Waals surface area contributed by atoms with Crippen LogP contribution in [0, 0.1) is 5.92 Å². The molecule has 106 valence electrons. The van der Waals surface area contributed by atoms with Crippen LogP contribution in [0.15, 0.2) is 0 Å². The number of piperidine rings is 1. The number of likely N-dealkylation sites (tertiary alicyclic amines) is 1. The first-order valence-electron chi connectivity index (χ1n) is 7.82. The fourth-order valence-corrected chi connectivity index (χ4v) is 3.67. The van der Waals surface area contributed by atoms with E-state index in [4.69, 9.17) is 9.47 Å². The van der Waals surface area contributed by atoms with Crippen molar-refractivity contribution in [2.45, 2.75) is 64.7 Å². The van der Waals surface area contributed by atoms with E-state index in [1.807, 2.05) is 13.8 Å². The Morgan fingerprint density at radius 2 is 1.67 bits per heavy atom. The number of hydrogen-bond donors (Lipinski definition) is 0. The highest BCUT2D eigenvalue weighted by molar-refractivity contribution is 4.87. The lowest BCUT2D eigenvalue weighted by molar-refractivity contribution is -0.156. The Kier molecular flexibility index (Phi) is 5.93. The fraction of sp³-hybridized carbons (Fsp3) is 1.00. The minimum Gasteiger partial charge on any atom is -0.352 e. The molecule has 0 aromatic carbocycles. The van der Waals surface area contributed by atoms with E-state index < -0.39 is 0 Å². The van der Waals surface area contributed by atoms with Gasteiger partial charge in [0.1, 0.15) is 0 Å². The summed E-state index contributed by atoms with van der Waals surface area (Å²) in [5.74, 6) is 0.941. The van der Waals surface area contributed by atoms with Crippen LogP contribution >= 0.6 is 0 Å². The molecule has 0 spiro atoms. The molecule has 1 aliphatic heterocycles. The average molecular weight is 255 g/mol. The number of fused-ring (bicyclic) bond motifs is 1. The molecular formula is C15H29NO2. The molecular weight excluding hydrogens is 226 g/mol. The third-order valence-electron chi connectivity index (χ3n) is 4.45. The first kappa shape index (κ1) is 14.3. The van der Waals surface area contributed by atoms with E-state index in [1.54, 1.807) is 0 Å². The Morgan fingerprint density at radius 3 is 2.39 bits per heavy atom. The highest BCUT2D eigenvalue weighted by atomic mass is 16.7. The molecule has 3 nitrogen and oxygen atoms in total. The maximum Gasteiger partial charge on any atom is 0.170 e. The molecule has 2 rings (SSSR count). The lowest BCUT2D eigenvalue weighted by atomic mass is 9.78. The minimum atomic E-state index is -0.0272. The highest BCUT2D eigenvalue weighted by Crippen LogP contribution is 2.35. The number of nitrogens with zero attached hydrogens (tertiary/aromatic N) is 1. The Bertz CT molecular complexity index is 227. The van der Waals surface area contributed by atoms with Gasteiger partial charge in [0, 0.05) is 25.8 Å². The van der Waals surface area contributed by atoms with Crippen LogP contribution in [0.4, 0.5) is 0 Å². The van der Waals surface area contributed by atoms with Crippen LogP contribution in [0.3, 0.4) is 0 Å². The van der Waals surface area contributed by atoms with Crippen LogP contribution in [0.1, 0.15) is 52.4 Å². The van der Waals surface area contributed by atoms with Gasteiger partial charge in [-0.2, -0.15) is 0 Å².